The predicted molar refractivity (Wildman–Crippen MR) is 80.1 cm³/mol. The molecule has 0 bridgehead atoms. The first kappa shape index (κ1) is 14.5. The van der Waals surface area contributed by atoms with Gasteiger partial charge in [-0.2, -0.15) is 5.10 Å². The average Bonchev–Trinajstić information content (AvgIpc) is 2.86. The first-order valence-corrected chi connectivity index (χ1v) is 6.84. The minimum Gasteiger partial charge on any atom is -0.308 e. The van der Waals surface area contributed by atoms with Gasteiger partial charge in [0.1, 0.15) is 11.5 Å². The van der Waals surface area contributed by atoms with Gasteiger partial charge < -0.3 is 5.43 Å². The van der Waals surface area contributed by atoms with Crippen molar-refractivity contribution in [2.75, 3.05) is 5.43 Å². The molecule has 0 amide bonds. The summed E-state index contributed by atoms with van der Waals surface area (Å²) in [5.41, 5.74) is 4.40. The Balaban J connectivity index is 2.53. The second-order valence-electron chi connectivity index (χ2n) is 5.80. The fourth-order valence-electron chi connectivity index (χ4n) is 1.93. The number of aromatic nitrogens is 4. The van der Waals surface area contributed by atoms with Gasteiger partial charge in [-0.05, 0) is 12.5 Å². The highest BCUT2D eigenvalue weighted by atomic mass is 15.3. The zero-order valence-corrected chi connectivity index (χ0v) is 12.5. The van der Waals surface area contributed by atoms with E-state index in [1.54, 1.807) is 6.20 Å². The highest BCUT2D eigenvalue weighted by Crippen LogP contribution is 2.25. The summed E-state index contributed by atoms with van der Waals surface area (Å²) < 4.78 is 1.92. The third-order valence-corrected chi connectivity index (χ3v) is 3.02. The molecule has 6 nitrogen and oxygen atoms in total. The molecule has 2 aromatic heterocycles. The summed E-state index contributed by atoms with van der Waals surface area (Å²) in [7, 11) is 0. The minimum atomic E-state index is -0.0705. The first-order chi connectivity index (χ1) is 9.45. The van der Waals surface area contributed by atoms with Gasteiger partial charge in [0.2, 0.25) is 0 Å². The van der Waals surface area contributed by atoms with Crippen molar-refractivity contribution in [2.24, 2.45) is 5.84 Å². The summed E-state index contributed by atoms with van der Waals surface area (Å²) >= 11 is 0. The van der Waals surface area contributed by atoms with E-state index in [9.17, 15) is 0 Å². The summed E-state index contributed by atoms with van der Waals surface area (Å²) in [6.07, 6.45) is 2.78. The zero-order chi connectivity index (χ0) is 14.8. The van der Waals surface area contributed by atoms with E-state index in [-0.39, 0.29) is 5.41 Å². The van der Waals surface area contributed by atoms with Crippen molar-refractivity contribution in [2.45, 2.75) is 46.1 Å². The number of nitrogens with zero attached hydrogens (tertiary/aromatic N) is 4. The van der Waals surface area contributed by atoms with Crippen LogP contribution in [0.5, 0.6) is 0 Å². The average molecular weight is 274 g/mol. The molecule has 0 aliphatic heterocycles. The van der Waals surface area contributed by atoms with Crippen molar-refractivity contribution in [3.8, 4) is 11.5 Å². The van der Waals surface area contributed by atoms with Gasteiger partial charge in [-0.1, -0.05) is 27.7 Å². The Kier molecular flexibility index (Phi) is 4.04. The van der Waals surface area contributed by atoms with Crippen LogP contribution in [0, 0.1) is 0 Å². The molecule has 108 valence electrons. The Bertz CT molecular complexity index is 582. The van der Waals surface area contributed by atoms with Gasteiger partial charge in [0, 0.05) is 24.2 Å². The quantitative estimate of drug-likeness (QED) is 0.660. The van der Waals surface area contributed by atoms with E-state index in [1.807, 2.05) is 16.8 Å². The number of rotatable bonds is 4. The summed E-state index contributed by atoms with van der Waals surface area (Å²) in [6, 6.07) is 3.81. The van der Waals surface area contributed by atoms with Crippen LogP contribution in [0.4, 0.5) is 5.82 Å². The Morgan fingerprint density at radius 3 is 2.65 bits per heavy atom. The van der Waals surface area contributed by atoms with E-state index in [0.717, 1.165) is 24.4 Å². The fourth-order valence-corrected chi connectivity index (χ4v) is 1.93. The summed E-state index contributed by atoms with van der Waals surface area (Å²) in [5, 5.41) is 4.31. The highest BCUT2D eigenvalue weighted by Gasteiger charge is 2.19. The van der Waals surface area contributed by atoms with E-state index in [0.29, 0.717) is 11.6 Å². The van der Waals surface area contributed by atoms with Gasteiger partial charge in [0.05, 0.1) is 5.69 Å². The van der Waals surface area contributed by atoms with Crippen molar-refractivity contribution in [1.29, 1.82) is 0 Å². The van der Waals surface area contributed by atoms with Crippen LogP contribution in [0.2, 0.25) is 0 Å². The van der Waals surface area contributed by atoms with Crippen molar-refractivity contribution < 1.29 is 0 Å². The fraction of sp³-hybridized carbons (Fsp3) is 0.500. The molecule has 3 N–H and O–H groups in total. The molecule has 0 aliphatic rings. The van der Waals surface area contributed by atoms with Gasteiger partial charge in [0.15, 0.2) is 5.82 Å². The van der Waals surface area contributed by atoms with Gasteiger partial charge in [0.25, 0.3) is 0 Å². The topological polar surface area (TPSA) is 81.7 Å². The second-order valence-corrected chi connectivity index (χ2v) is 5.80. The van der Waals surface area contributed by atoms with Crippen LogP contribution < -0.4 is 11.3 Å². The predicted octanol–water partition coefficient (Wildman–Crippen LogP) is 2.33. The number of nitrogen functional groups attached to an aromatic ring is 1. The molecule has 0 radical (unpaired) electrons. The number of anilines is 1. The Morgan fingerprint density at radius 1 is 1.30 bits per heavy atom. The van der Waals surface area contributed by atoms with Crippen LogP contribution in [0.15, 0.2) is 18.3 Å². The maximum absolute atomic E-state index is 5.52. The molecule has 0 aromatic carbocycles. The molecule has 2 heterocycles. The second kappa shape index (κ2) is 5.58. The minimum absolute atomic E-state index is 0.0705. The van der Waals surface area contributed by atoms with Crippen LogP contribution in [-0.2, 0) is 12.0 Å². The Labute approximate surface area is 119 Å². The lowest BCUT2D eigenvalue weighted by Gasteiger charge is -2.19. The van der Waals surface area contributed by atoms with Gasteiger partial charge >= 0.3 is 0 Å². The molecule has 20 heavy (non-hydrogen) atoms. The van der Waals surface area contributed by atoms with E-state index in [1.165, 1.54) is 0 Å². The van der Waals surface area contributed by atoms with Crippen LogP contribution >= 0.6 is 0 Å². The highest BCUT2D eigenvalue weighted by molar-refractivity contribution is 5.53. The first-order valence-electron chi connectivity index (χ1n) is 6.84. The molecule has 0 saturated carbocycles. The van der Waals surface area contributed by atoms with Crippen LogP contribution in [0.3, 0.4) is 0 Å². The van der Waals surface area contributed by atoms with Gasteiger partial charge in [-0.25, -0.2) is 15.8 Å². The standard InChI is InChI=1S/C14H22N6/c1-5-8-20-10(6-7-16-20)13-17-11(14(2,3)4)9-12(18-13)19-15/h6-7,9H,5,8,15H2,1-4H3,(H,17,18,19). The number of nitrogens with one attached hydrogen (secondary N) is 1. The van der Waals surface area contributed by atoms with Crippen molar-refractivity contribution >= 4 is 5.82 Å². The number of aryl methyl sites for hydroxylation is 1. The van der Waals surface area contributed by atoms with Crippen LogP contribution in [-0.4, -0.2) is 19.7 Å². The lowest BCUT2D eigenvalue weighted by atomic mass is 9.92. The van der Waals surface area contributed by atoms with E-state index in [2.05, 4.69) is 48.2 Å². The smallest absolute Gasteiger partial charge is 0.180 e. The molecule has 0 atom stereocenters. The molecule has 2 aromatic rings. The maximum atomic E-state index is 5.52. The normalized spacial score (nSPS) is 11.7. The van der Waals surface area contributed by atoms with E-state index < -0.39 is 0 Å². The van der Waals surface area contributed by atoms with E-state index >= 15 is 0 Å². The largest absolute Gasteiger partial charge is 0.308 e. The van der Waals surface area contributed by atoms with Gasteiger partial charge in [-0.3, -0.25) is 4.68 Å². The Hall–Kier alpha value is -1.95. The molecular weight excluding hydrogens is 252 g/mol. The lowest BCUT2D eigenvalue weighted by Crippen LogP contribution is -2.18. The Morgan fingerprint density at radius 2 is 2.05 bits per heavy atom. The van der Waals surface area contributed by atoms with Crippen molar-refractivity contribution in [3.63, 3.8) is 0 Å². The number of nitrogens with two attached hydrogens (primary N) is 1. The lowest BCUT2D eigenvalue weighted by molar-refractivity contribution is 0.566. The van der Waals surface area contributed by atoms with Crippen LogP contribution in [0.25, 0.3) is 11.5 Å². The van der Waals surface area contributed by atoms with Crippen LogP contribution in [0.1, 0.15) is 39.8 Å². The summed E-state index contributed by atoms with van der Waals surface area (Å²) in [6.45, 7) is 9.30. The maximum Gasteiger partial charge on any atom is 0.180 e. The van der Waals surface area contributed by atoms with Crippen molar-refractivity contribution in [3.05, 3.63) is 24.0 Å². The van der Waals surface area contributed by atoms with Gasteiger partial charge in [-0.15, -0.1) is 0 Å². The SMILES string of the molecule is CCCn1nccc1-c1nc(NN)cc(C(C)(C)C)n1. The molecule has 0 unspecified atom stereocenters. The molecule has 0 spiro atoms. The molecule has 6 heteroatoms. The molecule has 0 aliphatic carbocycles. The number of hydrogen-bond donors (Lipinski definition) is 2. The number of hydrogen-bond acceptors (Lipinski definition) is 5. The third-order valence-electron chi connectivity index (χ3n) is 3.02. The molecule has 2 rings (SSSR count). The van der Waals surface area contributed by atoms with E-state index in [4.69, 9.17) is 5.84 Å². The summed E-state index contributed by atoms with van der Waals surface area (Å²) in [5.74, 6) is 6.78. The zero-order valence-electron chi connectivity index (χ0n) is 12.5. The summed E-state index contributed by atoms with van der Waals surface area (Å²) in [4.78, 5) is 9.11. The molecular formula is C14H22N6. The van der Waals surface area contributed by atoms with Crippen molar-refractivity contribution in [1.82, 2.24) is 19.7 Å². The third kappa shape index (κ3) is 2.96. The molecule has 0 saturated heterocycles. The number of hydrazine groups is 1. The molecule has 0 fully saturated rings. The monoisotopic (exact) mass is 274 g/mol.